The summed E-state index contributed by atoms with van der Waals surface area (Å²) in [6, 6.07) is 20.6. The first-order chi connectivity index (χ1) is 18.3. The molecule has 198 valence electrons. The molecule has 0 bridgehead atoms. The Morgan fingerprint density at radius 1 is 0.947 bits per heavy atom. The second-order valence-electron chi connectivity index (χ2n) is 10.1. The minimum absolute atomic E-state index is 0.00956. The monoisotopic (exact) mass is 515 g/mol. The molecule has 1 N–H and O–H groups in total. The van der Waals surface area contributed by atoms with Crippen molar-refractivity contribution >= 4 is 22.4 Å². The molecule has 1 aliphatic heterocycles. The second kappa shape index (κ2) is 11.0. The average molecular weight is 516 g/mol. The first-order valence-electron chi connectivity index (χ1n) is 13.1. The van der Waals surface area contributed by atoms with Crippen LogP contribution in [0.2, 0.25) is 0 Å². The number of nitrogens with zero attached hydrogens (tertiary/aromatic N) is 3. The zero-order chi connectivity index (χ0) is 26.8. The number of anilines is 1. The van der Waals surface area contributed by atoms with Crippen molar-refractivity contribution in [1.29, 1.82) is 0 Å². The molecule has 0 aliphatic carbocycles. The smallest absolute Gasteiger partial charge is 0.162 e. The van der Waals surface area contributed by atoms with E-state index in [2.05, 4.69) is 45.6 Å². The number of Topliss-reactive ketones (excluding diaryl/α,β-unsaturated/α-hetero) is 1. The maximum absolute atomic E-state index is 13.2. The van der Waals surface area contributed by atoms with Crippen molar-refractivity contribution in [3.63, 3.8) is 0 Å². The molecule has 4 aromatic rings. The van der Waals surface area contributed by atoms with Gasteiger partial charge in [0.2, 0.25) is 0 Å². The number of aromatic nitrogens is 1. The van der Waals surface area contributed by atoms with Gasteiger partial charge in [-0.05, 0) is 75.4 Å². The summed E-state index contributed by atoms with van der Waals surface area (Å²) in [5, 5.41) is 11.5. The van der Waals surface area contributed by atoms with Gasteiger partial charge in [-0.25, -0.2) is 4.39 Å². The summed E-state index contributed by atoms with van der Waals surface area (Å²) in [6.45, 7) is 9.56. The van der Waals surface area contributed by atoms with Crippen LogP contribution in [0.5, 0.6) is 5.75 Å². The van der Waals surface area contributed by atoms with Crippen molar-refractivity contribution in [1.82, 2.24) is 9.47 Å². The van der Waals surface area contributed by atoms with E-state index in [0.717, 1.165) is 54.2 Å². The minimum atomic E-state index is -0.644. The molecule has 38 heavy (non-hydrogen) atoms. The normalized spacial score (nSPS) is 15.1. The maximum Gasteiger partial charge on any atom is 0.162 e. The van der Waals surface area contributed by atoms with Crippen LogP contribution in [0, 0.1) is 19.7 Å². The van der Waals surface area contributed by atoms with Gasteiger partial charge in [0.1, 0.15) is 24.3 Å². The molecule has 1 atom stereocenters. The molecule has 0 radical (unpaired) electrons. The molecule has 2 heterocycles. The van der Waals surface area contributed by atoms with E-state index >= 15 is 0 Å². The SMILES string of the molecule is CC(=O)c1c(C)n(-c2ccc(C)cc2)c2ccc(OCC(O)CN3CCN(c4ccc(F)cc4)CC3)cc12. The predicted octanol–water partition coefficient (Wildman–Crippen LogP) is 5.15. The van der Waals surface area contributed by atoms with Crippen molar-refractivity contribution < 1.29 is 19.0 Å². The van der Waals surface area contributed by atoms with Gasteiger partial charge < -0.3 is 19.3 Å². The van der Waals surface area contributed by atoms with Crippen LogP contribution >= 0.6 is 0 Å². The zero-order valence-corrected chi connectivity index (χ0v) is 22.2. The van der Waals surface area contributed by atoms with Gasteiger partial charge in [0.05, 0.1) is 5.52 Å². The van der Waals surface area contributed by atoms with Gasteiger partial charge in [-0.15, -0.1) is 0 Å². The average Bonchev–Trinajstić information content (AvgIpc) is 3.20. The molecule has 0 saturated carbocycles. The third kappa shape index (κ3) is 5.44. The Kier molecular flexibility index (Phi) is 7.49. The van der Waals surface area contributed by atoms with Crippen LogP contribution in [0.1, 0.15) is 28.5 Å². The fourth-order valence-electron chi connectivity index (χ4n) is 5.34. The number of fused-ring (bicyclic) bond motifs is 1. The summed E-state index contributed by atoms with van der Waals surface area (Å²) in [5.74, 6) is 0.405. The van der Waals surface area contributed by atoms with Crippen LogP contribution in [-0.4, -0.2) is 65.8 Å². The number of β-amino-alcohol motifs (C(OH)–C–C–N with tert-alkyl or cyclic N) is 1. The number of rotatable bonds is 8. The van der Waals surface area contributed by atoms with Crippen molar-refractivity contribution in [2.45, 2.75) is 26.9 Å². The lowest BCUT2D eigenvalue weighted by Crippen LogP contribution is -2.49. The molecule has 0 spiro atoms. The summed E-state index contributed by atoms with van der Waals surface area (Å²) in [4.78, 5) is 17.0. The van der Waals surface area contributed by atoms with E-state index in [1.165, 1.54) is 17.7 Å². The van der Waals surface area contributed by atoms with Gasteiger partial charge in [0, 0.05) is 60.7 Å². The Labute approximate surface area is 222 Å². The van der Waals surface area contributed by atoms with Crippen LogP contribution in [0.15, 0.2) is 66.7 Å². The molecule has 1 saturated heterocycles. The molecule has 1 unspecified atom stereocenters. The standard InChI is InChI=1S/C31H34FN3O3/c1-21-4-8-26(9-5-21)35-22(2)31(23(3)36)29-18-28(12-13-30(29)35)38-20-27(37)19-33-14-16-34(17-15-33)25-10-6-24(32)7-11-25/h4-13,18,27,37H,14-17,19-20H2,1-3H3. The number of carbonyl (C=O) groups is 1. The van der Waals surface area contributed by atoms with Gasteiger partial charge >= 0.3 is 0 Å². The number of aryl methyl sites for hydroxylation is 1. The highest BCUT2D eigenvalue weighted by Gasteiger charge is 2.21. The van der Waals surface area contributed by atoms with Crippen LogP contribution in [-0.2, 0) is 0 Å². The highest BCUT2D eigenvalue weighted by atomic mass is 19.1. The van der Waals surface area contributed by atoms with Crippen molar-refractivity contribution in [2.24, 2.45) is 0 Å². The quantitative estimate of drug-likeness (QED) is 0.329. The first-order valence-corrected chi connectivity index (χ1v) is 13.1. The number of ether oxygens (including phenoxy) is 1. The van der Waals surface area contributed by atoms with Gasteiger partial charge in [-0.2, -0.15) is 0 Å². The summed E-state index contributed by atoms with van der Waals surface area (Å²) >= 11 is 0. The van der Waals surface area contributed by atoms with Gasteiger partial charge in [-0.3, -0.25) is 9.69 Å². The van der Waals surface area contributed by atoms with E-state index in [0.29, 0.717) is 17.9 Å². The molecule has 0 amide bonds. The Balaban J connectivity index is 1.23. The lowest BCUT2D eigenvalue weighted by atomic mass is 10.1. The number of ketones is 1. The second-order valence-corrected chi connectivity index (χ2v) is 10.1. The number of hydrogen-bond donors (Lipinski definition) is 1. The third-order valence-electron chi connectivity index (χ3n) is 7.30. The van der Waals surface area contributed by atoms with Crippen LogP contribution in [0.25, 0.3) is 16.6 Å². The van der Waals surface area contributed by atoms with Crippen molar-refractivity contribution in [3.05, 3.63) is 89.4 Å². The summed E-state index contributed by atoms with van der Waals surface area (Å²) in [7, 11) is 0. The Morgan fingerprint density at radius 2 is 1.61 bits per heavy atom. The highest BCUT2D eigenvalue weighted by Crippen LogP contribution is 2.32. The number of benzene rings is 3. The van der Waals surface area contributed by atoms with Gasteiger partial charge in [0.25, 0.3) is 0 Å². The molecule has 1 aliphatic rings. The number of aliphatic hydroxyl groups excluding tert-OH is 1. The fraction of sp³-hybridized carbons (Fsp3) is 0.323. The number of carbonyl (C=O) groups excluding carboxylic acids is 1. The van der Waals surface area contributed by atoms with E-state index in [1.54, 1.807) is 19.1 Å². The molecule has 7 heteroatoms. The molecule has 1 fully saturated rings. The highest BCUT2D eigenvalue weighted by molar-refractivity contribution is 6.09. The first kappa shape index (κ1) is 25.9. The predicted molar refractivity (Wildman–Crippen MR) is 149 cm³/mol. The maximum atomic E-state index is 13.2. The lowest BCUT2D eigenvalue weighted by molar-refractivity contribution is 0.0663. The van der Waals surface area contributed by atoms with E-state index in [1.807, 2.05) is 25.1 Å². The zero-order valence-electron chi connectivity index (χ0n) is 22.2. The van der Waals surface area contributed by atoms with Crippen molar-refractivity contribution in [2.75, 3.05) is 44.2 Å². The van der Waals surface area contributed by atoms with E-state index in [4.69, 9.17) is 4.74 Å². The molecule has 5 rings (SSSR count). The van der Waals surface area contributed by atoms with Gasteiger partial charge in [0.15, 0.2) is 5.78 Å². The number of halogens is 1. The number of aliphatic hydroxyl groups is 1. The topological polar surface area (TPSA) is 57.9 Å². The molecule has 3 aromatic carbocycles. The van der Waals surface area contributed by atoms with Crippen LogP contribution in [0.4, 0.5) is 10.1 Å². The number of hydrogen-bond acceptors (Lipinski definition) is 5. The summed E-state index contributed by atoms with van der Waals surface area (Å²) in [6.07, 6.45) is -0.644. The molecular weight excluding hydrogens is 481 g/mol. The summed E-state index contributed by atoms with van der Waals surface area (Å²) in [5.41, 5.74) is 5.73. The Bertz CT molecular complexity index is 1420. The lowest BCUT2D eigenvalue weighted by Gasteiger charge is -2.36. The molecule has 1 aromatic heterocycles. The minimum Gasteiger partial charge on any atom is -0.491 e. The third-order valence-corrected chi connectivity index (χ3v) is 7.30. The van der Waals surface area contributed by atoms with Crippen molar-refractivity contribution in [3.8, 4) is 11.4 Å². The largest absolute Gasteiger partial charge is 0.491 e. The summed E-state index contributed by atoms with van der Waals surface area (Å²) < 4.78 is 21.3. The fourth-order valence-corrected chi connectivity index (χ4v) is 5.34. The van der Waals surface area contributed by atoms with Crippen LogP contribution in [0.3, 0.4) is 0 Å². The molecule has 6 nitrogen and oxygen atoms in total. The van der Waals surface area contributed by atoms with E-state index in [9.17, 15) is 14.3 Å². The van der Waals surface area contributed by atoms with Gasteiger partial charge in [-0.1, -0.05) is 17.7 Å². The van der Waals surface area contributed by atoms with E-state index in [-0.39, 0.29) is 18.2 Å². The van der Waals surface area contributed by atoms with Crippen LogP contribution < -0.4 is 9.64 Å². The Hall–Kier alpha value is -3.68. The number of piperazine rings is 1. The molecular formula is C31H34FN3O3. The Morgan fingerprint density at radius 3 is 2.26 bits per heavy atom. The van der Waals surface area contributed by atoms with E-state index < -0.39 is 6.10 Å².